The number of aromatic amines is 1. The minimum Gasteiger partial charge on any atom is -0.477 e. The van der Waals surface area contributed by atoms with Crippen molar-refractivity contribution in [3.63, 3.8) is 0 Å². The second kappa shape index (κ2) is 2.02. The molecule has 0 aromatic carbocycles. The summed E-state index contributed by atoms with van der Waals surface area (Å²) in [5.74, 6) is -1.13. The lowest BCUT2D eigenvalue weighted by atomic mass is 10.4. The maximum atomic E-state index is 10.6. The first-order valence-corrected chi connectivity index (χ1v) is 2.60. The van der Waals surface area contributed by atoms with Gasteiger partial charge in [-0.1, -0.05) is 0 Å². The number of H-pyrrole nitrogens is 1. The summed E-state index contributed by atoms with van der Waals surface area (Å²) in [6, 6.07) is 1.03. The molecule has 0 saturated heterocycles. The number of carbonyl (C=O) groups is 1. The van der Waals surface area contributed by atoms with Gasteiger partial charge in [-0.15, -0.1) is 0 Å². The van der Waals surface area contributed by atoms with Crippen LogP contribution in [-0.2, 0) is 7.05 Å². The van der Waals surface area contributed by atoms with Crippen LogP contribution in [0.1, 0.15) is 10.5 Å². The van der Waals surface area contributed by atoms with E-state index < -0.39 is 5.97 Å². The minimum absolute atomic E-state index is 0.0903. The van der Waals surface area contributed by atoms with Gasteiger partial charge in [0.1, 0.15) is 5.69 Å². The number of hydrogen-bond acceptors (Lipinski definition) is 2. The van der Waals surface area contributed by atoms with Crippen molar-refractivity contribution in [2.24, 2.45) is 7.05 Å². The smallest absolute Gasteiger partial charge is 0.353 e. The molecule has 0 fully saturated rings. The Morgan fingerprint density at radius 3 is 2.60 bits per heavy atom. The number of rotatable bonds is 1. The van der Waals surface area contributed by atoms with Gasteiger partial charge in [0.25, 0.3) is 5.56 Å². The van der Waals surface area contributed by atoms with Gasteiger partial charge in [-0.3, -0.25) is 14.6 Å². The predicted molar refractivity (Wildman–Crippen MR) is 33.0 cm³/mol. The van der Waals surface area contributed by atoms with Crippen LogP contribution in [0.3, 0.4) is 0 Å². The van der Waals surface area contributed by atoms with E-state index in [1.54, 1.807) is 0 Å². The molecule has 10 heavy (non-hydrogen) atoms. The molecule has 5 nitrogen and oxygen atoms in total. The standard InChI is InChI=1S/C5H6N2O3/c1-7-4(8)2-3(6-7)5(9)10/h2,6H,1H3,(H,9,10). The Labute approximate surface area is 55.9 Å². The molecule has 1 heterocycles. The fourth-order valence-electron chi connectivity index (χ4n) is 0.598. The molecule has 0 saturated carbocycles. The van der Waals surface area contributed by atoms with Gasteiger partial charge < -0.3 is 5.11 Å². The van der Waals surface area contributed by atoms with E-state index in [1.807, 2.05) is 0 Å². The molecule has 0 aliphatic rings. The largest absolute Gasteiger partial charge is 0.477 e. The predicted octanol–water partition coefficient (Wildman–Crippen LogP) is -0.588. The van der Waals surface area contributed by atoms with Crippen molar-refractivity contribution < 1.29 is 9.90 Å². The number of nitrogens with one attached hydrogen (secondary N) is 1. The molecule has 0 amide bonds. The van der Waals surface area contributed by atoms with Crippen molar-refractivity contribution in [1.29, 1.82) is 0 Å². The zero-order chi connectivity index (χ0) is 7.72. The second-order valence-electron chi connectivity index (χ2n) is 1.87. The highest BCUT2D eigenvalue weighted by molar-refractivity contribution is 5.84. The molecule has 0 aliphatic carbocycles. The summed E-state index contributed by atoms with van der Waals surface area (Å²) in [6.45, 7) is 0. The number of aryl methyl sites for hydroxylation is 1. The van der Waals surface area contributed by atoms with E-state index in [9.17, 15) is 9.59 Å². The highest BCUT2D eigenvalue weighted by atomic mass is 16.4. The van der Waals surface area contributed by atoms with Gasteiger partial charge in [-0.25, -0.2) is 4.79 Å². The summed E-state index contributed by atoms with van der Waals surface area (Å²) in [7, 11) is 1.45. The molecule has 2 N–H and O–H groups in total. The average molecular weight is 142 g/mol. The van der Waals surface area contributed by atoms with Crippen molar-refractivity contribution in [3.05, 3.63) is 22.1 Å². The monoisotopic (exact) mass is 142 g/mol. The number of carboxylic acid groups (broad SMARTS) is 1. The zero-order valence-corrected chi connectivity index (χ0v) is 5.29. The number of nitrogens with zero attached hydrogens (tertiary/aromatic N) is 1. The second-order valence-corrected chi connectivity index (χ2v) is 1.87. The van der Waals surface area contributed by atoms with Crippen LogP contribution in [0.25, 0.3) is 0 Å². The third-order valence-electron chi connectivity index (χ3n) is 1.12. The van der Waals surface area contributed by atoms with E-state index in [2.05, 4.69) is 5.10 Å². The van der Waals surface area contributed by atoms with E-state index in [0.717, 1.165) is 10.7 Å². The summed E-state index contributed by atoms with van der Waals surface area (Å²) >= 11 is 0. The van der Waals surface area contributed by atoms with Gasteiger partial charge in [0.05, 0.1) is 0 Å². The first kappa shape index (κ1) is 6.60. The van der Waals surface area contributed by atoms with Gasteiger partial charge in [-0.2, -0.15) is 0 Å². The third kappa shape index (κ3) is 0.928. The Morgan fingerprint density at radius 1 is 1.80 bits per heavy atom. The van der Waals surface area contributed by atoms with Crippen LogP contribution in [0.4, 0.5) is 0 Å². The van der Waals surface area contributed by atoms with Crippen molar-refractivity contribution in [1.82, 2.24) is 9.78 Å². The maximum absolute atomic E-state index is 10.6. The first-order valence-electron chi connectivity index (χ1n) is 2.60. The highest BCUT2D eigenvalue weighted by Gasteiger charge is 2.05. The van der Waals surface area contributed by atoms with E-state index in [4.69, 9.17) is 5.11 Å². The van der Waals surface area contributed by atoms with Crippen LogP contribution in [0.5, 0.6) is 0 Å². The molecule has 54 valence electrons. The first-order chi connectivity index (χ1) is 4.61. The van der Waals surface area contributed by atoms with Crippen LogP contribution in [-0.4, -0.2) is 20.9 Å². The summed E-state index contributed by atoms with van der Waals surface area (Å²) in [6.07, 6.45) is 0. The van der Waals surface area contributed by atoms with Crippen molar-refractivity contribution in [3.8, 4) is 0 Å². The molecular formula is C5H6N2O3. The average Bonchev–Trinajstić information content (AvgIpc) is 2.13. The van der Waals surface area contributed by atoms with Crippen LogP contribution in [0, 0.1) is 0 Å². The van der Waals surface area contributed by atoms with Crippen molar-refractivity contribution >= 4 is 5.97 Å². The minimum atomic E-state index is -1.13. The van der Waals surface area contributed by atoms with Gasteiger partial charge >= 0.3 is 5.97 Å². The van der Waals surface area contributed by atoms with E-state index in [0.29, 0.717) is 0 Å². The van der Waals surface area contributed by atoms with Crippen LogP contribution < -0.4 is 5.56 Å². The lowest BCUT2D eigenvalue weighted by molar-refractivity contribution is 0.0689. The molecule has 5 heteroatoms. The quantitative estimate of drug-likeness (QED) is 0.550. The number of hydrogen-bond donors (Lipinski definition) is 2. The molecule has 0 atom stereocenters. The highest BCUT2D eigenvalue weighted by Crippen LogP contribution is 1.86. The van der Waals surface area contributed by atoms with Crippen molar-refractivity contribution in [2.45, 2.75) is 0 Å². The maximum Gasteiger partial charge on any atom is 0.353 e. The molecule has 0 radical (unpaired) electrons. The van der Waals surface area contributed by atoms with Crippen molar-refractivity contribution in [2.75, 3.05) is 0 Å². The van der Waals surface area contributed by atoms with Gasteiger partial charge in [0, 0.05) is 13.1 Å². The molecule has 1 aromatic rings. The zero-order valence-electron chi connectivity index (χ0n) is 5.29. The summed E-state index contributed by atoms with van der Waals surface area (Å²) in [5, 5.41) is 10.7. The molecule has 0 unspecified atom stereocenters. The Bertz CT molecular complexity index is 309. The normalized spacial score (nSPS) is 9.70. The fourth-order valence-corrected chi connectivity index (χ4v) is 0.598. The Hall–Kier alpha value is -1.52. The molecule has 0 aliphatic heterocycles. The van der Waals surface area contributed by atoms with Crippen LogP contribution in [0.15, 0.2) is 10.9 Å². The number of aromatic nitrogens is 2. The lowest BCUT2D eigenvalue weighted by Gasteiger charge is -1.85. The Balaban J connectivity index is 3.23. The third-order valence-corrected chi connectivity index (χ3v) is 1.12. The topological polar surface area (TPSA) is 75.1 Å². The van der Waals surface area contributed by atoms with Gasteiger partial charge in [-0.05, 0) is 0 Å². The number of carboxylic acids is 1. The van der Waals surface area contributed by atoms with E-state index in [-0.39, 0.29) is 11.3 Å². The number of aromatic carboxylic acids is 1. The van der Waals surface area contributed by atoms with Crippen LogP contribution >= 0.6 is 0 Å². The molecule has 0 bridgehead atoms. The van der Waals surface area contributed by atoms with Crippen LogP contribution in [0.2, 0.25) is 0 Å². The SMILES string of the molecule is Cn1[nH]c(C(=O)O)cc1=O. The lowest BCUT2D eigenvalue weighted by Crippen LogP contribution is -2.09. The Morgan fingerprint density at radius 2 is 2.40 bits per heavy atom. The van der Waals surface area contributed by atoms with Gasteiger partial charge in [0.15, 0.2) is 0 Å². The molecular weight excluding hydrogens is 136 g/mol. The van der Waals surface area contributed by atoms with Gasteiger partial charge in [0.2, 0.25) is 0 Å². The van der Waals surface area contributed by atoms with E-state index >= 15 is 0 Å². The summed E-state index contributed by atoms with van der Waals surface area (Å²) in [5.41, 5.74) is -0.440. The molecule has 1 rings (SSSR count). The summed E-state index contributed by atoms with van der Waals surface area (Å²) in [4.78, 5) is 20.8. The molecule has 1 aromatic heterocycles. The fraction of sp³-hybridized carbons (Fsp3) is 0.200. The molecule has 0 spiro atoms. The van der Waals surface area contributed by atoms with E-state index in [1.165, 1.54) is 7.05 Å². The summed E-state index contributed by atoms with van der Waals surface area (Å²) < 4.78 is 1.10. The Kier molecular flexibility index (Phi) is 1.33.